The highest BCUT2D eigenvalue weighted by molar-refractivity contribution is 7.18. The highest BCUT2D eigenvalue weighted by atomic mass is 32.1. The number of rotatable bonds is 7. The number of anilines is 1. The highest BCUT2D eigenvalue weighted by Crippen LogP contribution is 2.39. The van der Waals surface area contributed by atoms with Crippen molar-refractivity contribution < 1.29 is 9.59 Å². The number of aromatic nitrogens is 1. The number of aldehydes is 1. The third-order valence-corrected chi connectivity index (χ3v) is 5.93. The van der Waals surface area contributed by atoms with Crippen molar-refractivity contribution in [1.29, 1.82) is 5.41 Å². The van der Waals surface area contributed by atoms with Gasteiger partial charge in [0.25, 0.3) is 0 Å². The van der Waals surface area contributed by atoms with Crippen molar-refractivity contribution in [3.63, 3.8) is 0 Å². The van der Waals surface area contributed by atoms with Crippen LogP contribution in [0.15, 0.2) is 0 Å². The number of carbonyl (C=O) groups is 2. The summed E-state index contributed by atoms with van der Waals surface area (Å²) < 4.78 is 0. The van der Waals surface area contributed by atoms with Crippen LogP contribution in [-0.4, -0.2) is 50.3 Å². The Morgan fingerprint density at radius 1 is 1.50 bits per heavy atom. The van der Waals surface area contributed by atoms with Gasteiger partial charge in [-0.15, -0.1) is 0 Å². The molecule has 6 nitrogen and oxygen atoms in total. The molecule has 0 bridgehead atoms. The van der Waals surface area contributed by atoms with Crippen LogP contribution in [0.3, 0.4) is 0 Å². The quantitative estimate of drug-likeness (QED) is 0.441. The van der Waals surface area contributed by atoms with E-state index in [1.165, 1.54) is 0 Å². The second-order valence-corrected chi connectivity index (χ2v) is 7.31. The third kappa shape index (κ3) is 4.04. The lowest BCUT2D eigenvalue weighted by Gasteiger charge is -2.40. The molecule has 1 saturated heterocycles. The standard InChI is InChI=1S/C16H24BN4O2S/c1-11(18)13-14(17-2)20-15(24-13)21-7-4-16(5-8-21,6-9-22)10-12(23)19-3/h9,18H,4-8,10H2,1-3H3,(H,19,23). The van der Waals surface area contributed by atoms with E-state index in [4.69, 9.17) is 5.41 Å². The Balaban J connectivity index is 2.12. The minimum atomic E-state index is -0.240. The molecule has 1 aromatic rings. The monoisotopic (exact) mass is 347 g/mol. The summed E-state index contributed by atoms with van der Waals surface area (Å²) in [6, 6.07) is 0. The molecule has 2 rings (SSSR count). The van der Waals surface area contributed by atoms with E-state index < -0.39 is 0 Å². The zero-order valence-electron chi connectivity index (χ0n) is 14.5. The van der Waals surface area contributed by atoms with E-state index in [2.05, 4.69) is 15.2 Å². The molecule has 1 radical (unpaired) electrons. The van der Waals surface area contributed by atoms with E-state index in [-0.39, 0.29) is 11.3 Å². The SMILES string of the molecule is C[B]c1nc(N2CCC(CC=O)(CC(=O)NC)CC2)sc1C(C)=N. The summed E-state index contributed by atoms with van der Waals surface area (Å²) in [5, 5.41) is 11.5. The molecule has 0 saturated carbocycles. The van der Waals surface area contributed by atoms with Crippen LogP contribution >= 0.6 is 11.3 Å². The molecule has 0 unspecified atom stereocenters. The number of piperidine rings is 1. The molecule has 1 aromatic heterocycles. The lowest BCUT2D eigenvalue weighted by Crippen LogP contribution is -2.42. The minimum Gasteiger partial charge on any atom is -0.359 e. The number of carbonyl (C=O) groups excluding carboxylic acids is 2. The number of hydrogen-bond donors (Lipinski definition) is 2. The first-order valence-electron chi connectivity index (χ1n) is 8.19. The lowest BCUT2D eigenvalue weighted by atomic mass is 9.73. The molecule has 129 valence electrons. The molecular formula is C16H24BN4O2S. The third-order valence-electron chi connectivity index (χ3n) is 4.68. The maximum absolute atomic E-state index is 11.8. The maximum Gasteiger partial charge on any atom is 0.220 e. The predicted octanol–water partition coefficient (Wildman–Crippen LogP) is 1.22. The van der Waals surface area contributed by atoms with Gasteiger partial charge in [0, 0.05) is 44.3 Å². The largest absolute Gasteiger partial charge is 0.359 e. The Morgan fingerprint density at radius 3 is 2.62 bits per heavy atom. The van der Waals surface area contributed by atoms with Crippen LogP contribution < -0.4 is 15.8 Å². The van der Waals surface area contributed by atoms with Gasteiger partial charge in [0.05, 0.1) is 4.88 Å². The molecule has 0 atom stereocenters. The number of nitrogens with zero attached hydrogens (tertiary/aromatic N) is 2. The zero-order chi connectivity index (χ0) is 17.7. The number of thiazole rings is 1. The Labute approximate surface area is 147 Å². The fourth-order valence-corrected chi connectivity index (χ4v) is 4.21. The smallest absolute Gasteiger partial charge is 0.220 e. The topological polar surface area (TPSA) is 86.2 Å². The van der Waals surface area contributed by atoms with Gasteiger partial charge in [0.15, 0.2) is 12.4 Å². The summed E-state index contributed by atoms with van der Waals surface area (Å²) in [4.78, 5) is 30.6. The van der Waals surface area contributed by atoms with Crippen LogP contribution in [0.4, 0.5) is 5.13 Å². The molecular weight excluding hydrogens is 323 g/mol. The van der Waals surface area contributed by atoms with E-state index in [1.807, 2.05) is 14.1 Å². The molecule has 1 aliphatic heterocycles. The average molecular weight is 347 g/mol. The van der Waals surface area contributed by atoms with E-state index in [0.29, 0.717) is 18.6 Å². The lowest BCUT2D eigenvalue weighted by molar-refractivity contribution is -0.124. The summed E-state index contributed by atoms with van der Waals surface area (Å²) in [6.07, 6.45) is 3.34. The molecule has 0 aliphatic carbocycles. The predicted molar refractivity (Wildman–Crippen MR) is 99.1 cm³/mol. The van der Waals surface area contributed by atoms with Gasteiger partial charge in [-0.1, -0.05) is 18.2 Å². The first-order chi connectivity index (χ1) is 11.4. The van der Waals surface area contributed by atoms with Crippen molar-refractivity contribution in [2.24, 2.45) is 5.41 Å². The Hall–Kier alpha value is -1.70. The van der Waals surface area contributed by atoms with Gasteiger partial charge in [-0.3, -0.25) is 4.79 Å². The fraction of sp³-hybridized carbons (Fsp3) is 0.625. The molecule has 1 amide bonds. The number of nitrogens with one attached hydrogen (secondary N) is 2. The molecule has 2 heterocycles. The molecule has 1 fully saturated rings. The van der Waals surface area contributed by atoms with Crippen molar-refractivity contribution in [3.05, 3.63) is 4.88 Å². The van der Waals surface area contributed by atoms with Crippen molar-refractivity contribution in [1.82, 2.24) is 10.3 Å². The van der Waals surface area contributed by atoms with Crippen LogP contribution in [-0.2, 0) is 9.59 Å². The number of amides is 1. The van der Waals surface area contributed by atoms with Gasteiger partial charge in [-0.25, -0.2) is 4.98 Å². The summed E-state index contributed by atoms with van der Waals surface area (Å²) in [5.74, 6) is -0.0101. The minimum absolute atomic E-state index is 0.0101. The maximum atomic E-state index is 11.8. The first-order valence-corrected chi connectivity index (χ1v) is 9.01. The normalized spacial score (nSPS) is 16.5. The van der Waals surface area contributed by atoms with Gasteiger partial charge >= 0.3 is 0 Å². The molecule has 8 heteroatoms. The van der Waals surface area contributed by atoms with Crippen LogP contribution in [0, 0.1) is 10.8 Å². The van der Waals surface area contributed by atoms with E-state index in [0.717, 1.165) is 47.8 Å². The molecule has 24 heavy (non-hydrogen) atoms. The van der Waals surface area contributed by atoms with Gasteiger partial charge in [0.1, 0.15) is 6.29 Å². The fourth-order valence-electron chi connectivity index (χ4n) is 3.15. The van der Waals surface area contributed by atoms with Crippen molar-refractivity contribution in [2.75, 3.05) is 25.0 Å². The van der Waals surface area contributed by atoms with E-state index in [9.17, 15) is 9.59 Å². The summed E-state index contributed by atoms with van der Waals surface area (Å²) in [5.41, 5.74) is 1.15. The van der Waals surface area contributed by atoms with Crippen molar-refractivity contribution in [3.8, 4) is 0 Å². The van der Waals surface area contributed by atoms with Crippen LogP contribution in [0.1, 0.15) is 37.5 Å². The molecule has 0 spiro atoms. The van der Waals surface area contributed by atoms with Crippen LogP contribution in [0.2, 0.25) is 6.82 Å². The summed E-state index contributed by atoms with van der Waals surface area (Å²) >= 11 is 1.54. The molecule has 0 aromatic carbocycles. The molecule has 2 N–H and O–H groups in total. The Morgan fingerprint density at radius 2 is 2.17 bits per heavy atom. The van der Waals surface area contributed by atoms with Gasteiger partial charge in [-0.2, -0.15) is 0 Å². The number of hydrogen-bond acceptors (Lipinski definition) is 6. The van der Waals surface area contributed by atoms with E-state index in [1.54, 1.807) is 25.3 Å². The highest BCUT2D eigenvalue weighted by Gasteiger charge is 2.37. The van der Waals surface area contributed by atoms with E-state index >= 15 is 0 Å². The van der Waals surface area contributed by atoms with Gasteiger partial charge in [-0.05, 0) is 25.2 Å². The Bertz CT molecular complexity index is 624. The van der Waals surface area contributed by atoms with Crippen LogP contribution in [0.5, 0.6) is 0 Å². The van der Waals surface area contributed by atoms with Gasteiger partial charge < -0.3 is 20.4 Å². The average Bonchev–Trinajstić information content (AvgIpc) is 3.00. The first kappa shape index (κ1) is 18.6. The van der Waals surface area contributed by atoms with Crippen molar-refractivity contribution >= 4 is 47.2 Å². The molecule has 1 aliphatic rings. The second-order valence-electron chi connectivity index (χ2n) is 6.33. The van der Waals surface area contributed by atoms with Crippen LogP contribution in [0.25, 0.3) is 0 Å². The zero-order valence-corrected chi connectivity index (χ0v) is 15.3. The second kappa shape index (κ2) is 7.92. The Kier molecular flexibility index (Phi) is 6.15. The summed E-state index contributed by atoms with van der Waals surface area (Å²) in [6.45, 7) is 5.26. The van der Waals surface area contributed by atoms with Gasteiger partial charge in [0.2, 0.25) is 5.91 Å². The van der Waals surface area contributed by atoms with Crippen molar-refractivity contribution in [2.45, 2.75) is 39.4 Å². The summed E-state index contributed by atoms with van der Waals surface area (Å²) in [7, 11) is 3.56.